The fraction of sp³-hybridized carbons (Fsp3) is 1.00. The average molecular weight is 293 g/mol. The molecule has 0 fully saturated rings. The Morgan fingerprint density at radius 2 is 1.35 bits per heavy atom. The highest BCUT2D eigenvalue weighted by Crippen LogP contribution is 2.53. The van der Waals surface area contributed by atoms with Crippen LogP contribution in [-0.2, 0) is 0 Å². The van der Waals surface area contributed by atoms with Crippen molar-refractivity contribution in [2.75, 3.05) is 0 Å². The van der Waals surface area contributed by atoms with Gasteiger partial charge in [0.15, 0.2) is 0 Å². The highest BCUT2D eigenvalue weighted by molar-refractivity contribution is 6.24. The normalized spacial score (nSPS) is 19.9. The zero-order valence-corrected chi connectivity index (χ0v) is 9.44. The summed E-state index contributed by atoms with van der Waals surface area (Å²) in [4.78, 5) is 0. The molecule has 0 radical (unpaired) electrons. The van der Waals surface area contributed by atoms with Gasteiger partial charge < -0.3 is 0 Å². The number of alkyl halides is 9. The summed E-state index contributed by atoms with van der Waals surface area (Å²) in [5, 5.41) is -5.20. The average Bonchev–Trinajstić information content (AvgIpc) is 2.14. The molecule has 0 aliphatic heterocycles. The smallest absolute Gasteiger partial charge is 0.236 e. The molecule has 0 heterocycles. The van der Waals surface area contributed by atoms with Gasteiger partial charge in [0.1, 0.15) is 0 Å². The Balaban J connectivity index is 5.45. The van der Waals surface area contributed by atoms with Crippen LogP contribution in [0.15, 0.2) is 0 Å². The Hall–Kier alpha value is -0.270. The topological polar surface area (TPSA) is 0 Å². The molecule has 0 aliphatic rings. The molecular formula is C8H9ClF8. The van der Waals surface area contributed by atoms with E-state index in [-0.39, 0.29) is 6.92 Å². The lowest BCUT2D eigenvalue weighted by atomic mass is 9.97. The Labute approximate surface area is 96.9 Å². The van der Waals surface area contributed by atoms with Gasteiger partial charge in [-0.3, -0.25) is 0 Å². The molecule has 0 aromatic carbocycles. The predicted molar refractivity (Wildman–Crippen MR) is 45.4 cm³/mol. The molecule has 2 atom stereocenters. The van der Waals surface area contributed by atoms with Crippen molar-refractivity contribution in [3.63, 3.8) is 0 Å². The van der Waals surface area contributed by atoms with Crippen molar-refractivity contribution < 1.29 is 35.1 Å². The van der Waals surface area contributed by atoms with Crippen molar-refractivity contribution >= 4 is 11.6 Å². The summed E-state index contributed by atoms with van der Waals surface area (Å²) in [6, 6.07) is 0. The van der Waals surface area contributed by atoms with Gasteiger partial charge in [-0.1, -0.05) is 18.5 Å². The monoisotopic (exact) mass is 292 g/mol. The standard InChI is InChI=1S/C8H9ClF8/c1-3-6(13,14)8(16,17)7(9,15)4(10)5(2,11)12/h4H,3H2,1-2H3. The van der Waals surface area contributed by atoms with Crippen LogP contribution in [0.25, 0.3) is 0 Å². The van der Waals surface area contributed by atoms with E-state index < -0.39 is 35.5 Å². The molecule has 0 nitrogen and oxygen atoms in total. The summed E-state index contributed by atoms with van der Waals surface area (Å²) in [6.07, 6.45) is -5.86. The van der Waals surface area contributed by atoms with Crippen LogP contribution in [-0.4, -0.2) is 29.1 Å². The van der Waals surface area contributed by atoms with Crippen LogP contribution in [0.1, 0.15) is 20.3 Å². The van der Waals surface area contributed by atoms with Gasteiger partial charge in [0.2, 0.25) is 6.17 Å². The third kappa shape index (κ3) is 2.77. The van der Waals surface area contributed by atoms with Gasteiger partial charge in [-0.25, -0.2) is 17.6 Å². The third-order valence-corrected chi connectivity index (χ3v) is 2.51. The molecule has 0 saturated carbocycles. The summed E-state index contributed by atoms with van der Waals surface area (Å²) in [7, 11) is 0. The summed E-state index contributed by atoms with van der Waals surface area (Å²) >= 11 is 4.27. The van der Waals surface area contributed by atoms with E-state index in [1.807, 2.05) is 0 Å². The van der Waals surface area contributed by atoms with Gasteiger partial charge >= 0.3 is 11.8 Å². The largest absolute Gasteiger partial charge is 0.360 e. The lowest BCUT2D eigenvalue weighted by Crippen LogP contribution is -2.60. The first-order valence-corrected chi connectivity index (χ1v) is 4.75. The summed E-state index contributed by atoms with van der Waals surface area (Å²) < 4.78 is 102. The van der Waals surface area contributed by atoms with E-state index in [1.165, 1.54) is 0 Å². The zero-order valence-electron chi connectivity index (χ0n) is 8.69. The zero-order chi connectivity index (χ0) is 14.3. The van der Waals surface area contributed by atoms with Crippen molar-refractivity contribution in [3.05, 3.63) is 0 Å². The SMILES string of the molecule is CCC(F)(F)C(F)(F)C(F)(Cl)C(F)C(C)(F)F. The van der Waals surface area contributed by atoms with Gasteiger partial charge in [0.25, 0.3) is 11.1 Å². The molecule has 0 aliphatic carbocycles. The minimum atomic E-state index is -5.77. The van der Waals surface area contributed by atoms with E-state index in [0.717, 1.165) is 0 Å². The second-order valence-electron chi connectivity index (χ2n) is 3.57. The minimum Gasteiger partial charge on any atom is -0.236 e. The van der Waals surface area contributed by atoms with Gasteiger partial charge in [-0.05, 0) is 0 Å². The van der Waals surface area contributed by atoms with Crippen LogP contribution < -0.4 is 0 Å². The molecule has 0 aromatic heterocycles. The maximum absolute atomic E-state index is 13.1. The molecule has 0 bridgehead atoms. The lowest BCUT2D eigenvalue weighted by molar-refractivity contribution is -0.276. The van der Waals surface area contributed by atoms with E-state index >= 15 is 0 Å². The highest BCUT2D eigenvalue weighted by Gasteiger charge is 2.74. The number of rotatable bonds is 5. The van der Waals surface area contributed by atoms with E-state index in [0.29, 0.717) is 6.92 Å². The fourth-order valence-electron chi connectivity index (χ4n) is 0.943. The third-order valence-electron chi connectivity index (χ3n) is 2.09. The fourth-order valence-corrected chi connectivity index (χ4v) is 1.27. The summed E-state index contributed by atoms with van der Waals surface area (Å²) in [5.41, 5.74) is 0. The molecule has 0 amide bonds. The van der Waals surface area contributed by atoms with Crippen molar-refractivity contribution in [1.82, 2.24) is 0 Å². The van der Waals surface area contributed by atoms with E-state index in [1.54, 1.807) is 0 Å². The summed E-state index contributed by atoms with van der Waals surface area (Å²) in [5.74, 6) is -15.4. The lowest BCUT2D eigenvalue weighted by Gasteiger charge is -2.36. The first-order valence-electron chi connectivity index (χ1n) is 4.37. The van der Waals surface area contributed by atoms with Crippen molar-refractivity contribution in [1.29, 1.82) is 0 Å². The quantitative estimate of drug-likeness (QED) is 0.514. The highest BCUT2D eigenvalue weighted by atomic mass is 35.5. The van der Waals surface area contributed by atoms with Crippen molar-refractivity contribution in [3.8, 4) is 0 Å². The van der Waals surface area contributed by atoms with Crippen LogP contribution in [0.3, 0.4) is 0 Å². The Morgan fingerprint density at radius 3 is 1.59 bits per heavy atom. The predicted octanol–water partition coefficient (Wildman–Crippen LogP) is 4.56. The number of hydrogen-bond donors (Lipinski definition) is 0. The number of hydrogen-bond acceptors (Lipinski definition) is 0. The number of halogens is 9. The van der Waals surface area contributed by atoms with Crippen LogP contribution >= 0.6 is 11.6 Å². The Bertz CT molecular complexity index is 269. The first kappa shape index (κ1) is 16.7. The van der Waals surface area contributed by atoms with Crippen molar-refractivity contribution in [2.24, 2.45) is 0 Å². The molecular weight excluding hydrogens is 284 g/mol. The second kappa shape index (κ2) is 4.44. The Kier molecular flexibility index (Phi) is 4.37. The molecule has 0 N–H and O–H groups in total. The van der Waals surface area contributed by atoms with Gasteiger partial charge in [-0.2, -0.15) is 17.6 Å². The first-order chi connectivity index (χ1) is 7.22. The molecule has 17 heavy (non-hydrogen) atoms. The maximum Gasteiger partial charge on any atom is 0.360 e. The molecule has 9 heteroatoms. The Morgan fingerprint density at radius 1 is 1.00 bits per heavy atom. The molecule has 104 valence electrons. The molecule has 0 aromatic rings. The van der Waals surface area contributed by atoms with Gasteiger partial charge in [0, 0.05) is 13.3 Å². The molecule has 0 rings (SSSR count). The van der Waals surface area contributed by atoms with Gasteiger partial charge in [0.05, 0.1) is 0 Å². The second-order valence-corrected chi connectivity index (χ2v) is 4.12. The maximum atomic E-state index is 13.1. The van der Waals surface area contributed by atoms with E-state index in [2.05, 4.69) is 11.6 Å². The molecule has 0 saturated heterocycles. The molecule has 0 spiro atoms. The van der Waals surface area contributed by atoms with Crippen LogP contribution in [0, 0.1) is 0 Å². The van der Waals surface area contributed by atoms with Crippen LogP contribution in [0.2, 0.25) is 0 Å². The van der Waals surface area contributed by atoms with Crippen LogP contribution in [0.4, 0.5) is 35.1 Å². The minimum absolute atomic E-state index is 0.242. The molecule has 2 unspecified atom stereocenters. The van der Waals surface area contributed by atoms with Crippen LogP contribution in [0.5, 0.6) is 0 Å². The van der Waals surface area contributed by atoms with Gasteiger partial charge in [-0.15, -0.1) is 0 Å². The van der Waals surface area contributed by atoms with E-state index in [4.69, 9.17) is 0 Å². The van der Waals surface area contributed by atoms with E-state index in [9.17, 15) is 35.1 Å². The van der Waals surface area contributed by atoms with Crippen molar-refractivity contribution in [2.45, 2.75) is 49.3 Å². The summed E-state index contributed by atoms with van der Waals surface area (Å²) in [6.45, 7) is 0.312.